The summed E-state index contributed by atoms with van der Waals surface area (Å²) in [6.45, 7) is 1.89. The molecule has 0 fully saturated rings. The number of ether oxygens (including phenoxy) is 1. The maximum atomic E-state index is 12.5. The number of Topliss-reactive ketones (excluding diaryl/α,β-unsaturated/α-hetero) is 1. The molecule has 0 aromatic heterocycles. The molecule has 2 rings (SSSR count). The van der Waals surface area contributed by atoms with E-state index in [9.17, 15) is 18.0 Å². The number of ketones is 1. The third-order valence-electron chi connectivity index (χ3n) is 3.74. The van der Waals surface area contributed by atoms with E-state index in [-0.39, 0.29) is 21.5 Å². The van der Waals surface area contributed by atoms with Crippen LogP contribution in [0.4, 0.5) is 0 Å². The van der Waals surface area contributed by atoms with Crippen molar-refractivity contribution in [2.24, 2.45) is 0 Å². The lowest BCUT2D eigenvalue weighted by molar-refractivity contribution is 0.0600. The van der Waals surface area contributed by atoms with Crippen molar-refractivity contribution in [3.63, 3.8) is 0 Å². The molecule has 0 saturated carbocycles. The summed E-state index contributed by atoms with van der Waals surface area (Å²) in [5.74, 6) is -0.474. The van der Waals surface area contributed by atoms with Crippen LogP contribution >= 0.6 is 0 Å². The van der Waals surface area contributed by atoms with Gasteiger partial charge in [0.05, 0.1) is 23.8 Å². The molecule has 2 aromatic rings. The molecular weight excluding hydrogens is 372 g/mol. The van der Waals surface area contributed by atoms with Crippen LogP contribution in [0.3, 0.4) is 0 Å². The van der Waals surface area contributed by atoms with Gasteiger partial charge in [0.2, 0.25) is 20.7 Å². The Bertz CT molecular complexity index is 885. The van der Waals surface area contributed by atoms with Crippen molar-refractivity contribution < 1.29 is 22.7 Å². The van der Waals surface area contributed by atoms with Gasteiger partial charge in [-0.05, 0) is 31.2 Å². The molecule has 5 nitrogen and oxygen atoms in total. The van der Waals surface area contributed by atoms with Crippen molar-refractivity contribution in [1.82, 2.24) is 0 Å². The molecule has 0 aliphatic heterocycles. The molecule has 2 aromatic carbocycles. The quantitative estimate of drug-likeness (QED) is 0.411. The van der Waals surface area contributed by atoms with E-state index in [1.807, 2.05) is 6.92 Å². The molecule has 0 bridgehead atoms. The Hall–Kier alpha value is -2.12. The van der Waals surface area contributed by atoms with E-state index in [0.29, 0.717) is 11.1 Å². The van der Waals surface area contributed by atoms with Crippen LogP contribution < -0.4 is 0 Å². The van der Waals surface area contributed by atoms with Gasteiger partial charge < -0.3 is 4.74 Å². The predicted molar refractivity (Wildman–Crippen MR) is 103 cm³/mol. The van der Waals surface area contributed by atoms with Crippen LogP contribution in [-0.2, 0) is 25.5 Å². The minimum atomic E-state index is -3.43. The van der Waals surface area contributed by atoms with E-state index < -0.39 is 26.7 Å². The maximum absolute atomic E-state index is 12.5. The van der Waals surface area contributed by atoms with Crippen LogP contribution in [0.2, 0.25) is 0 Å². The number of methoxy groups -OCH3 is 1. The van der Waals surface area contributed by atoms with Crippen molar-refractivity contribution in [3.05, 3.63) is 65.2 Å². The topological polar surface area (TPSA) is 77.5 Å². The first-order chi connectivity index (χ1) is 12.2. The van der Waals surface area contributed by atoms with Crippen LogP contribution in [0.15, 0.2) is 53.4 Å². The number of sulfone groups is 1. The zero-order valence-corrected chi connectivity index (χ0v) is 16.5. The van der Waals surface area contributed by atoms with Crippen molar-refractivity contribution in [2.45, 2.75) is 11.8 Å². The monoisotopic (exact) mass is 393 g/mol. The number of aryl methyl sites for hydroxylation is 1. The summed E-state index contributed by atoms with van der Waals surface area (Å²) in [6, 6.07) is 12.9. The lowest BCUT2D eigenvalue weighted by Crippen LogP contribution is -2.23. The summed E-state index contributed by atoms with van der Waals surface area (Å²) in [6.07, 6.45) is 1.77. The van der Waals surface area contributed by atoms with Gasteiger partial charge >= 0.3 is 5.97 Å². The SMILES string of the molecule is COC(=O)c1ccc(C(=O)C[S+](C)CS(=O)(=O)c2ccc(C)cc2)cc1. The Labute approximate surface area is 156 Å². The second-order valence-electron chi connectivity index (χ2n) is 5.96. The number of hydrogen-bond donors (Lipinski definition) is 0. The minimum Gasteiger partial charge on any atom is -0.465 e. The van der Waals surface area contributed by atoms with Gasteiger partial charge in [0, 0.05) is 16.5 Å². The lowest BCUT2D eigenvalue weighted by atomic mass is 10.1. The smallest absolute Gasteiger partial charge is 0.337 e. The molecule has 0 spiro atoms. The summed E-state index contributed by atoms with van der Waals surface area (Å²) in [5.41, 5.74) is 1.80. The Balaban J connectivity index is 2.02. The molecule has 0 radical (unpaired) electrons. The Morgan fingerprint density at radius 2 is 1.50 bits per heavy atom. The van der Waals surface area contributed by atoms with Gasteiger partial charge in [-0.25, -0.2) is 13.2 Å². The molecular formula is C19H21O5S2+. The van der Waals surface area contributed by atoms with E-state index in [4.69, 9.17) is 0 Å². The fraction of sp³-hybridized carbons (Fsp3) is 0.263. The molecule has 138 valence electrons. The first-order valence-corrected chi connectivity index (χ1v) is 11.5. The molecule has 1 unspecified atom stereocenters. The standard InChI is InChI=1S/C19H21O5S2/c1-14-4-10-17(11-5-14)26(22,23)13-25(3)12-18(20)15-6-8-16(9-7-15)19(21)24-2/h4-11H,12-13H2,1-3H3/q+1. The lowest BCUT2D eigenvalue weighted by Gasteiger charge is -2.06. The molecule has 0 aliphatic rings. The number of carbonyl (C=O) groups is 2. The van der Waals surface area contributed by atoms with Gasteiger partial charge in [0.25, 0.3) is 0 Å². The number of benzene rings is 2. The van der Waals surface area contributed by atoms with Crippen molar-refractivity contribution in [1.29, 1.82) is 0 Å². The third kappa shape index (κ3) is 5.19. The van der Waals surface area contributed by atoms with E-state index >= 15 is 0 Å². The van der Waals surface area contributed by atoms with Crippen LogP contribution in [0.25, 0.3) is 0 Å². The second kappa shape index (κ2) is 8.51. The predicted octanol–water partition coefficient (Wildman–Crippen LogP) is 2.64. The molecule has 0 N–H and O–H groups in total. The fourth-order valence-corrected chi connectivity index (χ4v) is 6.50. The first-order valence-electron chi connectivity index (χ1n) is 7.83. The van der Waals surface area contributed by atoms with Crippen molar-refractivity contribution in [2.75, 3.05) is 24.2 Å². The Morgan fingerprint density at radius 1 is 0.962 bits per heavy atom. The van der Waals surface area contributed by atoms with Gasteiger partial charge in [-0.1, -0.05) is 29.8 Å². The highest BCUT2D eigenvalue weighted by Crippen LogP contribution is 2.16. The second-order valence-corrected chi connectivity index (χ2v) is 10.5. The molecule has 0 amide bonds. The molecule has 0 saturated heterocycles. The van der Waals surface area contributed by atoms with Gasteiger partial charge in [0.15, 0.2) is 5.75 Å². The molecule has 0 aliphatic carbocycles. The van der Waals surface area contributed by atoms with E-state index in [1.165, 1.54) is 19.2 Å². The van der Waals surface area contributed by atoms with Gasteiger partial charge in [-0.15, -0.1) is 0 Å². The molecule has 7 heteroatoms. The Morgan fingerprint density at radius 3 is 2.04 bits per heavy atom. The van der Waals surface area contributed by atoms with Crippen LogP contribution in [0.1, 0.15) is 26.3 Å². The van der Waals surface area contributed by atoms with Gasteiger partial charge in [0.1, 0.15) is 0 Å². The number of carbonyl (C=O) groups excluding carboxylic acids is 2. The Kier molecular flexibility index (Phi) is 6.61. The average Bonchev–Trinajstić information content (AvgIpc) is 2.61. The van der Waals surface area contributed by atoms with E-state index in [0.717, 1.165) is 5.56 Å². The fourth-order valence-electron chi connectivity index (χ4n) is 2.34. The van der Waals surface area contributed by atoms with Crippen LogP contribution in [0, 0.1) is 6.92 Å². The third-order valence-corrected chi connectivity index (χ3v) is 8.34. The molecule has 26 heavy (non-hydrogen) atoms. The highest BCUT2D eigenvalue weighted by atomic mass is 32.3. The number of hydrogen-bond acceptors (Lipinski definition) is 5. The summed E-state index contributed by atoms with van der Waals surface area (Å²) < 4.78 is 29.6. The van der Waals surface area contributed by atoms with E-state index in [1.54, 1.807) is 42.7 Å². The van der Waals surface area contributed by atoms with Gasteiger partial charge in [-0.3, -0.25) is 4.79 Å². The van der Waals surface area contributed by atoms with Crippen LogP contribution in [0.5, 0.6) is 0 Å². The zero-order valence-electron chi connectivity index (χ0n) is 14.9. The van der Waals surface area contributed by atoms with Gasteiger partial charge in [-0.2, -0.15) is 0 Å². The minimum absolute atomic E-state index is 0.0674. The summed E-state index contributed by atoms with van der Waals surface area (Å²) in [7, 11) is -2.76. The maximum Gasteiger partial charge on any atom is 0.337 e. The highest BCUT2D eigenvalue weighted by molar-refractivity contribution is 8.10. The number of esters is 1. The largest absolute Gasteiger partial charge is 0.465 e. The van der Waals surface area contributed by atoms with E-state index in [2.05, 4.69) is 4.74 Å². The normalized spacial score (nSPS) is 12.4. The van der Waals surface area contributed by atoms with Crippen LogP contribution in [-0.4, -0.2) is 44.4 Å². The summed E-state index contributed by atoms with van der Waals surface area (Å²) in [5, 5.41) is -0.0674. The summed E-state index contributed by atoms with van der Waals surface area (Å²) >= 11 is 0. The molecule has 1 atom stereocenters. The van der Waals surface area contributed by atoms with Crippen molar-refractivity contribution >= 4 is 32.5 Å². The molecule has 0 heterocycles. The summed E-state index contributed by atoms with van der Waals surface area (Å²) in [4.78, 5) is 24.1. The number of rotatable bonds is 7. The van der Waals surface area contributed by atoms with Crippen molar-refractivity contribution in [3.8, 4) is 0 Å². The highest BCUT2D eigenvalue weighted by Gasteiger charge is 2.27. The average molecular weight is 394 g/mol. The zero-order chi connectivity index (χ0) is 19.3. The first kappa shape index (κ1) is 20.2.